The summed E-state index contributed by atoms with van der Waals surface area (Å²) in [5.41, 5.74) is 4.54. The normalized spacial score (nSPS) is 10.3. The van der Waals surface area contributed by atoms with Gasteiger partial charge in [-0.2, -0.15) is 0 Å². The standard InChI is InChI=1S/C16H18N2O2S/c1-12-2-4-13(5-3-12)15(19)6-7-16(20)17-9-8-14-10-21-11-18-14/h2-5,10-11H,6-9H2,1H3,(H,17,20). The third kappa shape index (κ3) is 5.11. The third-order valence-electron chi connectivity index (χ3n) is 3.14. The average Bonchev–Trinajstić information content (AvgIpc) is 2.99. The number of hydrogen-bond acceptors (Lipinski definition) is 4. The van der Waals surface area contributed by atoms with Crippen LogP contribution in [0.25, 0.3) is 0 Å². The molecule has 0 atom stereocenters. The Hall–Kier alpha value is -2.01. The van der Waals surface area contributed by atoms with Crippen molar-refractivity contribution in [2.75, 3.05) is 6.54 Å². The van der Waals surface area contributed by atoms with Crippen molar-refractivity contribution in [1.29, 1.82) is 0 Å². The topological polar surface area (TPSA) is 59.1 Å². The maximum Gasteiger partial charge on any atom is 0.220 e. The van der Waals surface area contributed by atoms with Gasteiger partial charge in [-0.05, 0) is 6.92 Å². The van der Waals surface area contributed by atoms with Gasteiger partial charge in [0.15, 0.2) is 5.78 Å². The lowest BCUT2D eigenvalue weighted by Crippen LogP contribution is -2.26. The highest BCUT2D eigenvalue weighted by molar-refractivity contribution is 7.07. The van der Waals surface area contributed by atoms with E-state index in [-0.39, 0.29) is 24.5 Å². The van der Waals surface area contributed by atoms with Crippen LogP contribution in [0.5, 0.6) is 0 Å². The van der Waals surface area contributed by atoms with Crippen LogP contribution in [-0.4, -0.2) is 23.2 Å². The molecule has 5 heteroatoms. The molecular formula is C16H18N2O2S. The number of nitrogens with zero attached hydrogens (tertiary/aromatic N) is 1. The second-order valence-electron chi connectivity index (χ2n) is 4.87. The van der Waals surface area contributed by atoms with E-state index in [4.69, 9.17) is 0 Å². The van der Waals surface area contributed by atoms with Gasteiger partial charge in [0.2, 0.25) is 5.91 Å². The number of aromatic nitrogens is 1. The highest BCUT2D eigenvalue weighted by atomic mass is 32.1. The van der Waals surface area contributed by atoms with Crippen LogP contribution in [0.2, 0.25) is 0 Å². The summed E-state index contributed by atoms with van der Waals surface area (Å²) in [4.78, 5) is 27.8. The summed E-state index contributed by atoms with van der Waals surface area (Å²) in [6, 6.07) is 7.41. The summed E-state index contributed by atoms with van der Waals surface area (Å²) in [6.07, 6.45) is 1.19. The molecule has 1 heterocycles. The summed E-state index contributed by atoms with van der Waals surface area (Å²) in [5, 5.41) is 4.78. The van der Waals surface area contributed by atoms with Gasteiger partial charge >= 0.3 is 0 Å². The van der Waals surface area contributed by atoms with Crippen molar-refractivity contribution in [3.63, 3.8) is 0 Å². The van der Waals surface area contributed by atoms with Crippen molar-refractivity contribution >= 4 is 23.0 Å². The van der Waals surface area contributed by atoms with E-state index in [2.05, 4.69) is 10.3 Å². The molecule has 21 heavy (non-hydrogen) atoms. The Morgan fingerprint density at radius 1 is 1.19 bits per heavy atom. The number of carbonyl (C=O) groups excluding carboxylic acids is 2. The molecule has 0 spiro atoms. The molecule has 0 unspecified atom stereocenters. The maximum absolute atomic E-state index is 11.9. The van der Waals surface area contributed by atoms with Crippen LogP contribution < -0.4 is 5.32 Å². The lowest BCUT2D eigenvalue weighted by Gasteiger charge is -2.04. The Morgan fingerprint density at radius 2 is 1.95 bits per heavy atom. The van der Waals surface area contributed by atoms with Gasteiger partial charge in [-0.25, -0.2) is 4.98 Å². The third-order valence-corrected chi connectivity index (χ3v) is 3.77. The van der Waals surface area contributed by atoms with Gasteiger partial charge < -0.3 is 5.32 Å². The fourth-order valence-corrected chi connectivity index (χ4v) is 2.48. The Bertz CT molecular complexity index is 591. The van der Waals surface area contributed by atoms with E-state index in [0.29, 0.717) is 12.1 Å². The quantitative estimate of drug-likeness (QED) is 0.800. The molecule has 1 N–H and O–H groups in total. The largest absolute Gasteiger partial charge is 0.356 e. The highest BCUT2D eigenvalue weighted by Gasteiger charge is 2.09. The number of benzene rings is 1. The van der Waals surface area contributed by atoms with E-state index in [1.54, 1.807) is 29.0 Å². The lowest BCUT2D eigenvalue weighted by molar-refractivity contribution is -0.121. The molecule has 0 saturated carbocycles. The van der Waals surface area contributed by atoms with Crippen LogP contribution in [-0.2, 0) is 11.2 Å². The zero-order chi connectivity index (χ0) is 15.1. The first-order valence-electron chi connectivity index (χ1n) is 6.89. The van der Waals surface area contributed by atoms with Crippen LogP contribution >= 0.6 is 11.3 Å². The number of aryl methyl sites for hydroxylation is 1. The summed E-state index contributed by atoms with van der Waals surface area (Å²) in [7, 11) is 0. The van der Waals surface area contributed by atoms with Gasteiger partial charge in [-0.1, -0.05) is 29.8 Å². The number of ketones is 1. The molecule has 2 aromatic rings. The minimum absolute atomic E-state index is 0.00431. The smallest absolute Gasteiger partial charge is 0.220 e. The number of Topliss-reactive ketones (excluding diaryl/α,β-unsaturated/α-hetero) is 1. The molecule has 1 amide bonds. The maximum atomic E-state index is 11.9. The SMILES string of the molecule is Cc1ccc(C(=O)CCC(=O)NCCc2cscn2)cc1. The molecule has 0 fully saturated rings. The molecule has 2 rings (SSSR count). The zero-order valence-corrected chi connectivity index (χ0v) is 12.8. The van der Waals surface area contributed by atoms with Crippen molar-refractivity contribution in [2.24, 2.45) is 0 Å². The second-order valence-corrected chi connectivity index (χ2v) is 5.59. The first-order chi connectivity index (χ1) is 10.1. The molecule has 4 nitrogen and oxygen atoms in total. The number of amides is 1. The van der Waals surface area contributed by atoms with Gasteiger partial charge in [0, 0.05) is 36.8 Å². The molecule has 0 radical (unpaired) electrons. The van der Waals surface area contributed by atoms with Crippen LogP contribution in [0.15, 0.2) is 35.2 Å². The van der Waals surface area contributed by atoms with Crippen LogP contribution in [0.1, 0.15) is 34.5 Å². The number of nitrogens with one attached hydrogen (secondary N) is 1. The van der Waals surface area contributed by atoms with Crippen molar-refractivity contribution in [1.82, 2.24) is 10.3 Å². The molecule has 0 aliphatic carbocycles. The van der Waals surface area contributed by atoms with Crippen LogP contribution in [0, 0.1) is 6.92 Å². The van der Waals surface area contributed by atoms with Gasteiger partial charge in [0.1, 0.15) is 0 Å². The summed E-state index contributed by atoms with van der Waals surface area (Å²) >= 11 is 1.54. The second kappa shape index (κ2) is 7.69. The molecule has 0 saturated heterocycles. The van der Waals surface area contributed by atoms with E-state index in [1.165, 1.54) is 0 Å². The molecule has 0 aliphatic heterocycles. The van der Waals surface area contributed by atoms with Crippen molar-refractivity contribution in [2.45, 2.75) is 26.2 Å². The fraction of sp³-hybridized carbons (Fsp3) is 0.312. The van der Waals surface area contributed by atoms with E-state index < -0.39 is 0 Å². The van der Waals surface area contributed by atoms with Crippen LogP contribution in [0.4, 0.5) is 0 Å². The van der Waals surface area contributed by atoms with Gasteiger partial charge in [0.25, 0.3) is 0 Å². The summed E-state index contributed by atoms with van der Waals surface area (Å²) in [5.74, 6) is -0.0876. The summed E-state index contributed by atoms with van der Waals surface area (Å²) in [6.45, 7) is 2.53. The van der Waals surface area contributed by atoms with E-state index >= 15 is 0 Å². The molecule has 0 aliphatic rings. The predicted molar refractivity (Wildman–Crippen MR) is 83.6 cm³/mol. The molecule has 110 valence electrons. The Kier molecular flexibility index (Phi) is 5.63. The number of rotatable bonds is 7. The molecule has 1 aromatic carbocycles. The number of thiazole rings is 1. The van der Waals surface area contributed by atoms with Crippen molar-refractivity contribution in [3.05, 3.63) is 52.0 Å². The first-order valence-corrected chi connectivity index (χ1v) is 7.83. The van der Waals surface area contributed by atoms with Crippen molar-refractivity contribution in [3.8, 4) is 0 Å². The summed E-state index contributed by atoms with van der Waals surface area (Å²) < 4.78 is 0. The average molecular weight is 302 g/mol. The van der Waals surface area contributed by atoms with E-state index in [1.807, 2.05) is 24.4 Å². The highest BCUT2D eigenvalue weighted by Crippen LogP contribution is 2.07. The monoisotopic (exact) mass is 302 g/mol. The van der Waals surface area contributed by atoms with Crippen molar-refractivity contribution < 1.29 is 9.59 Å². The molecular weight excluding hydrogens is 284 g/mol. The number of hydrogen-bond donors (Lipinski definition) is 1. The van der Waals surface area contributed by atoms with Gasteiger partial charge in [-0.3, -0.25) is 9.59 Å². The Balaban J connectivity index is 1.68. The lowest BCUT2D eigenvalue weighted by atomic mass is 10.1. The fourth-order valence-electron chi connectivity index (χ4n) is 1.89. The van der Waals surface area contributed by atoms with Crippen LogP contribution in [0.3, 0.4) is 0 Å². The van der Waals surface area contributed by atoms with E-state index in [0.717, 1.165) is 17.7 Å². The zero-order valence-electron chi connectivity index (χ0n) is 12.0. The molecule has 1 aromatic heterocycles. The van der Waals surface area contributed by atoms with E-state index in [9.17, 15) is 9.59 Å². The minimum atomic E-state index is -0.0920. The first kappa shape index (κ1) is 15.4. The minimum Gasteiger partial charge on any atom is -0.356 e. The Morgan fingerprint density at radius 3 is 2.62 bits per heavy atom. The predicted octanol–water partition coefficient (Wildman–Crippen LogP) is 2.77. The van der Waals surface area contributed by atoms with Gasteiger partial charge in [-0.15, -0.1) is 11.3 Å². The molecule has 0 bridgehead atoms. The Labute approximate surface area is 128 Å². The number of carbonyl (C=O) groups is 2. The van der Waals surface area contributed by atoms with Gasteiger partial charge in [0.05, 0.1) is 11.2 Å².